The normalized spacial score (nSPS) is 23.6. The number of anilines is 1. The highest BCUT2D eigenvalue weighted by atomic mass is 16.5. The number of piperazine rings is 1. The number of likely N-dealkylation sites (tertiary alicyclic amines) is 1. The number of carbonyl (C=O) groups excluding carboxylic acids is 1. The molecule has 3 saturated heterocycles. The maximum absolute atomic E-state index is 12.6. The van der Waals surface area contributed by atoms with Gasteiger partial charge in [0, 0.05) is 77.2 Å². The number of ether oxygens (including phenoxy) is 1. The van der Waals surface area contributed by atoms with E-state index in [2.05, 4.69) is 25.0 Å². The summed E-state index contributed by atoms with van der Waals surface area (Å²) >= 11 is 0. The van der Waals surface area contributed by atoms with Crippen molar-refractivity contribution in [2.45, 2.75) is 18.5 Å². The molecule has 166 valence electrons. The molecule has 3 aliphatic rings. The van der Waals surface area contributed by atoms with Crippen molar-refractivity contribution in [2.24, 2.45) is 0 Å². The Labute approximate surface area is 178 Å². The average Bonchev–Trinajstić information content (AvgIpc) is 3.20. The van der Waals surface area contributed by atoms with Gasteiger partial charge in [0.25, 0.3) is 0 Å². The third-order valence-corrected chi connectivity index (χ3v) is 6.35. The van der Waals surface area contributed by atoms with E-state index >= 15 is 0 Å². The first-order chi connectivity index (χ1) is 14.7. The van der Waals surface area contributed by atoms with Crippen molar-refractivity contribution in [1.82, 2.24) is 25.0 Å². The van der Waals surface area contributed by atoms with Crippen LogP contribution in [0.25, 0.3) is 0 Å². The van der Waals surface area contributed by atoms with Gasteiger partial charge in [0.2, 0.25) is 0 Å². The van der Waals surface area contributed by atoms with E-state index < -0.39 is 0 Å². The topological polar surface area (TPSA) is 84.4 Å². The maximum atomic E-state index is 12.6. The zero-order valence-corrected chi connectivity index (χ0v) is 17.7. The molecule has 30 heavy (non-hydrogen) atoms. The Morgan fingerprint density at radius 2 is 1.97 bits per heavy atom. The molecule has 2 N–H and O–H groups in total. The molecule has 0 aliphatic carbocycles. The number of carbonyl (C=O) groups is 1. The molecule has 9 heteroatoms. The van der Waals surface area contributed by atoms with E-state index in [1.165, 1.54) is 0 Å². The quantitative estimate of drug-likeness (QED) is 0.560. The number of nitrogens with one attached hydrogen (secondary N) is 1. The van der Waals surface area contributed by atoms with E-state index in [1.807, 2.05) is 29.3 Å². The summed E-state index contributed by atoms with van der Waals surface area (Å²) in [6.45, 7) is 9.66. The molecule has 4 rings (SSSR count). The third kappa shape index (κ3) is 5.40. The van der Waals surface area contributed by atoms with Crippen LogP contribution in [0.3, 0.4) is 0 Å². The minimum atomic E-state index is 0.0683. The second kappa shape index (κ2) is 10.4. The molecule has 0 bridgehead atoms. The lowest BCUT2D eigenvalue weighted by Gasteiger charge is -2.48. The van der Waals surface area contributed by atoms with Crippen molar-refractivity contribution in [3.8, 4) is 0 Å². The summed E-state index contributed by atoms with van der Waals surface area (Å²) in [7, 11) is 0. The van der Waals surface area contributed by atoms with Crippen molar-refractivity contribution in [2.75, 3.05) is 83.6 Å². The van der Waals surface area contributed by atoms with Gasteiger partial charge in [0.15, 0.2) is 0 Å². The van der Waals surface area contributed by atoms with E-state index in [1.54, 1.807) is 0 Å². The molecule has 1 atom stereocenters. The van der Waals surface area contributed by atoms with Crippen LogP contribution in [-0.2, 0) is 4.74 Å². The molecular formula is C21H34N6O3. The van der Waals surface area contributed by atoms with Gasteiger partial charge in [-0.1, -0.05) is 6.07 Å². The lowest BCUT2D eigenvalue weighted by atomic mass is 10.1. The molecule has 0 saturated carbocycles. The third-order valence-electron chi connectivity index (χ3n) is 6.35. The predicted octanol–water partition coefficient (Wildman–Crippen LogP) is -0.319. The van der Waals surface area contributed by atoms with Crippen molar-refractivity contribution >= 4 is 11.8 Å². The fourth-order valence-corrected chi connectivity index (χ4v) is 4.46. The summed E-state index contributed by atoms with van der Waals surface area (Å²) in [5, 5.41) is 12.0. The lowest BCUT2D eigenvalue weighted by molar-refractivity contribution is 0.0120. The van der Waals surface area contributed by atoms with Crippen LogP contribution in [-0.4, -0.2) is 122 Å². The van der Waals surface area contributed by atoms with Crippen LogP contribution in [0.2, 0.25) is 0 Å². The number of nitrogens with zero attached hydrogens (tertiary/aromatic N) is 5. The second-order valence-electron chi connectivity index (χ2n) is 8.34. The molecule has 0 radical (unpaired) electrons. The van der Waals surface area contributed by atoms with E-state index in [0.29, 0.717) is 19.3 Å². The van der Waals surface area contributed by atoms with Crippen LogP contribution in [0.1, 0.15) is 6.42 Å². The fourth-order valence-electron chi connectivity index (χ4n) is 4.46. The first-order valence-corrected chi connectivity index (χ1v) is 11.1. The van der Waals surface area contributed by atoms with Crippen LogP contribution in [0.5, 0.6) is 0 Å². The predicted molar refractivity (Wildman–Crippen MR) is 115 cm³/mol. The molecule has 2 amide bonds. The van der Waals surface area contributed by atoms with Crippen LogP contribution >= 0.6 is 0 Å². The first kappa shape index (κ1) is 21.3. The Morgan fingerprint density at radius 3 is 2.70 bits per heavy atom. The highest BCUT2D eigenvalue weighted by Gasteiger charge is 2.37. The molecule has 1 unspecified atom stereocenters. The van der Waals surface area contributed by atoms with Gasteiger partial charge in [-0.25, -0.2) is 9.78 Å². The molecule has 1 aromatic heterocycles. The van der Waals surface area contributed by atoms with Crippen LogP contribution in [0, 0.1) is 0 Å². The zero-order valence-electron chi connectivity index (χ0n) is 17.7. The van der Waals surface area contributed by atoms with Crippen LogP contribution in [0.15, 0.2) is 24.4 Å². The van der Waals surface area contributed by atoms with Gasteiger partial charge in [-0.05, 0) is 18.6 Å². The van der Waals surface area contributed by atoms with Gasteiger partial charge < -0.3 is 25.0 Å². The molecule has 3 fully saturated rings. The minimum absolute atomic E-state index is 0.0683. The molecular weight excluding hydrogens is 384 g/mol. The number of pyridine rings is 1. The minimum Gasteiger partial charge on any atom is -0.394 e. The second-order valence-corrected chi connectivity index (χ2v) is 8.34. The van der Waals surface area contributed by atoms with Crippen LogP contribution in [0.4, 0.5) is 10.6 Å². The Balaban J connectivity index is 1.11. The smallest absolute Gasteiger partial charge is 0.317 e. The van der Waals surface area contributed by atoms with E-state index in [9.17, 15) is 4.79 Å². The standard InChI is InChI=1S/C21H34N6O3/c28-12-14-30-13-11-24-7-9-25(10-8-24)19-16-27(17-19)21(29)23-18-4-6-26(15-18)20-3-1-2-5-22-20/h1-3,5,18-19,28H,4,6-17H2,(H,23,29). The monoisotopic (exact) mass is 418 g/mol. The number of aromatic nitrogens is 1. The fraction of sp³-hybridized carbons (Fsp3) is 0.714. The summed E-state index contributed by atoms with van der Waals surface area (Å²) < 4.78 is 5.36. The molecule has 0 spiro atoms. The summed E-state index contributed by atoms with van der Waals surface area (Å²) in [6, 6.07) is 6.68. The van der Waals surface area contributed by atoms with E-state index in [-0.39, 0.29) is 18.7 Å². The number of urea groups is 1. The molecule has 0 aromatic carbocycles. The van der Waals surface area contributed by atoms with Crippen molar-refractivity contribution < 1.29 is 14.6 Å². The van der Waals surface area contributed by atoms with E-state index in [4.69, 9.17) is 9.84 Å². The van der Waals surface area contributed by atoms with Gasteiger partial charge >= 0.3 is 6.03 Å². The number of amides is 2. The van der Waals surface area contributed by atoms with Gasteiger partial charge in [-0.2, -0.15) is 0 Å². The van der Waals surface area contributed by atoms with Crippen LogP contribution < -0.4 is 10.2 Å². The summed E-state index contributed by atoms with van der Waals surface area (Å²) in [5.74, 6) is 0.984. The van der Waals surface area contributed by atoms with Crippen molar-refractivity contribution in [3.05, 3.63) is 24.4 Å². The molecule has 9 nitrogen and oxygen atoms in total. The molecule has 4 heterocycles. The number of aliphatic hydroxyl groups excluding tert-OH is 1. The lowest BCUT2D eigenvalue weighted by Crippen LogP contribution is -2.66. The Hall–Kier alpha value is -1.94. The zero-order chi connectivity index (χ0) is 20.8. The number of aliphatic hydroxyl groups is 1. The van der Waals surface area contributed by atoms with Gasteiger partial charge in [-0.15, -0.1) is 0 Å². The van der Waals surface area contributed by atoms with Gasteiger partial charge in [-0.3, -0.25) is 9.80 Å². The largest absolute Gasteiger partial charge is 0.394 e. The first-order valence-electron chi connectivity index (χ1n) is 11.1. The highest BCUT2D eigenvalue weighted by molar-refractivity contribution is 5.75. The molecule has 1 aromatic rings. The van der Waals surface area contributed by atoms with Crippen molar-refractivity contribution in [3.63, 3.8) is 0 Å². The molecule has 3 aliphatic heterocycles. The van der Waals surface area contributed by atoms with Gasteiger partial charge in [0.1, 0.15) is 5.82 Å². The van der Waals surface area contributed by atoms with E-state index in [0.717, 1.165) is 71.1 Å². The number of hydrogen-bond acceptors (Lipinski definition) is 7. The maximum Gasteiger partial charge on any atom is 0.317 e. The Kier molecular flexibility index (Phi) is 7.37. The van der Waals surface area contributed by atoms with Gasteiger partial charge in [0.05, 0.1) is 19.8 Å². The summed E-state index contributed by atoms with van der Waals surface area (Å²) in [4.78, 5) is 26.1. The summed E-state index contributed by atoms with van der Waals surface area (Å²) in [6.07, 6.45) is 2.77. The average molecular weight is 419 g/mol. The number of rotatable bonds is 8. The SMILES string of the molecule is O=C(NC1CCN(c2ccccn2)C1)N1CC(N2CCN(CCOCCO)CC2)C1. The summed E-state index contributed by atoms with van der Waals surface area (Å²) in [5.41, 5.74) is 0. The highest BCUT2D eigenvalue weighted by Crippen LogP contribution is 2.20. The Morgan fingerprint density at radius 1 is 1.13 bits per heavy atom. The Bertz CT molecular complexity index is 664. The van der Waals surface area contributed by atoms with Crippen molar-refractivity contribution in [1.29, 1.82) is 0 Å². The number of hydrogen-bond donors (Lipinski definition) is 2.